The molecule has 1 fully saturated rings. The van der Waals surface area contributed by atoms with Crippen LogP contribution < -0.4 is 0 Å². The lowest BCUT2D eigenvalue weighted by molar-refractivity contribution is -0.156. The SMILES string of the molecule is CC(C)CC[C@@H]1C[C@@](C)([C@@H](C)O)OC1=O. The number of hydrogen-bond acceptors (Lipinski definition) is 3. The van der Waals surface area contributed by atoms with E-state index in [2.05, 4.69) is 13.8 Å². The van der Waals surface area contributed by atoms with Gasteiger partial charge in [-0.2, -0.15) is 0 Å². The van der Waals surface area contributed by atoms with Gasteiger partial charge in [0, 0.05) is 6.42 Å². The zero-order valence-corrected chi connectivity index (χ0v) is 10.1. The Hall–Kier alpha value is -0.570. The van der Waals surface area contributed by atoms with E-state index in [1.807, 2.05) is 6.92 Å². The van der Waals surface area contributed by atoms with Gasteiger partial charge in [0.15, 0.2) is 0 Å². The highest BCUT2D eigenvalue weighted by atomic mass is 16.6. The number of esters is 1. The number of rotatable bonds is 4. The van der Waals surface area contributed by atoms with Gasteiger partial charge < -0.3 is 9.84 Å². The Morgan fingerprint density at radius 3 is 2.53 bits per heavy atom. The second-order valence-corrected chi connectivity index (χ2v) is 5.28. The molecule has 3 heteroatoms. The van der Waals surface area contributed by atoms with Gasteiger partial charge in [0.05, 0.1) is 12.0 Å². The number of aliphatic hydroxyl groups excluding tert-OH is 1. The van der Waals surface area contributed by atoms with E-state index in [1.165, 1.54) is 0 Å². The Morgan fingerprint density at radius 2 is 2.13 bits per heavy atom. The fourth-order valence-corrected chi connectivity index (χ4v) is 1.94. The zero-order valence-electron chi connectivity index (χ0n) is 10.1. The van der Waals surface area contributed by atoms with Gasteiger partial charge in [-0.05, 0) is 26.2 Å². The first kappa shape index (κ1) is 12.5. The molecule has 1 aliphatic heterocycles. The molecule has 3 atom stereocenters. The van der Waals surface area contributed by atoms with Crippen LogP contribution in [0.15, 0.2) is 0 Å². The molecule has 0 aromatic carbocycles. The fourth-order valence-electron chi connectivity index (χ4n) is 1.94. The first-order valence-electron chi connectivity index (χ1n) is 5.76. The van der Waals surface area contributed by atoms with E-state index in [0.29, 0.717) is 12.3 Å². The van der Waals surface area contributed by atoms with Crippen molar-refractivity contribution in [3.05, 3.63) is 0 Å². The van der Waals surface area contributed by atoms with E-state index in [4.69, 9.17) is 4.74 Å². The lowest BCUT2D eigenvalue weighted by Gasteiger charge is -2.25. The van der Waals surface area contributed by atoms with E-state index >= 15 is 0 Å². The van der Waals surface area contributed by atoms with Crippen molar-refractivity contribution in [3.63, 3.8) is 0 Å². The van der Waals surface area contributed by atoms with Gasteiger partial charge in [-0.1, -0.05) is 20.3 Å². The van der Waals surface area contributed by atoms with Crippen LogP contribution in [0, 0.1) is 11.8 Å². The number of cyclic esters (lactones) is 1. The quantitative estimate of drug-likeness (QED) is 0.729. The third kappa shape index (κ3) is 2.94. The molecule has 0 saturated carbocycles. The van der Waals surface area contributed by atoms with Gasteiger partial charge in [0.1, 0.15) is 5.60 Å². The van der Waals surface area contributed by atoms with E-state index in [-0.39, 0.29) is 11.9 Å². The molecule has 0 aromatic heterocycles. The van der Waals surface area contributed by atoms with Crippen LogP contribution in [0.2, 0.25) is 0 Å². The fraction of sp³-hybridized carbons (Fsp3) is 0.917. The summed E-state index contributed by atoms with van der Waals surface area (Å²) in [5, 5.41) is 9.55. The van der Waals surface area contributed by atoms with Crippen LogP contribution in [0.5, 0.6) is 0 Å². The van der Waals surface area contributed by atoms with E-state index < -0.39 is 11.7 Å². The van der Waals surface area contributed by atoms with Crippen LogP contribution in [0.3, 0.4) is 0 Å². The van der Waals surface area contributed by atoms with E-state index in [0.717, 1.165) is 12.8 Å². The summed E-state index contributed by atoms with van der Waals surface area (Å²) in [6.07, 6.45) is 1.97. The maximum atomic E-state index is 11.6. The third-order valence-electron chi connectivity index (χ3n) is 3.30. The molecule has 0 bridgehead atoms. The molecule has 15 heavy (non-hydrogen) atoms. The van der Waals surface area contributed by atoms with Crippen molar-refractivity contribution in [2.75, 3.05) is 0 Å². The van der Waals surface area contributed by atoms with Gasteiger partial charge in [-0.25, -0.2) is 0 Å². The highest BCUT2D eigenvalue weighted by Gasteiger charge is 2.46. The first-order valence-corrected chi connectivity index (χ1v) is 5.76. The minimum atomic E-state index is -0.668. The summed E-state index contributed by atoms with van der Waals surface area (Å²) in [6.45, 7) is 7.78. The maximum Gasteiger partial charge on any atom is 0.309 e. The number of carbonyl (C=O) groups excluding carboxylic acids is 1. The average Bonchev–Trinajstić information content (AvgIpc) is 2.39. The topological polar surface area (TPSA) is 46.5 Å². The van der Waals surface area contributed by atoms with Gasteiger partial charge in [-0.15, -0.1) is 0 Å². The molecule has 1 N–H and O–H groups in total. The molecular formula is C12H22O3. The predicted octanol–water partition coefficient (Wildman–Crippen LogP) is 2.13. The van der Waals surface area contributed by atoms with Crippen LogP contribution in [0.1, 0.15) is 47.0 Å². The van der Waals surface area contributed by atoms with Crippen molar-refractivity contribution in [3.8, 4) is 0 Å². The molecule has 1 aliphatic rings. The minimum absolute atomic E-state index is 0.0213. The molecule has 1 saturated heterocycles. The van der Waals surface area contributed by atoms with Crippen molar-refractivity contribution < 1.29 is 14.6 Å². The standard InChI is InChI=1S/C12H22O3/c1-8(2)5-6-10-7-12(4,9(3)13)15-11(10)14/h8-10,13H,5-7H2,1-4H3/t9-,10-,12+/m1/s1. The van der Waals surface area contributed by atoms with Crippen LogP contribution in [0.25, 0.3) is 0 Å². The van der Waals surface area contributed by atoms with Crippen molar-refractivity contribution >= 4 is 5.97 Å². The second kappa shape index (κ2) is 4.52. The smallest absolute Gasteiger partial charge is 0.309 e. The molecule has 0 aromatic rings. The van der Waals surface area contributed by atoms with Crippen LogP contribution >= 0.6 is 0 Å². The third-order valence-corrected chi connectivity index (χ3v) is 3.30. The predicted molar refractivity (Wildman–Crippen MR) is 58.4 cm³/mol. The number of carbonyl (C=O) groups is 1. The number of ether oxygens (including phenoxy) is 1. The molecule has 0 aliphatic carbocycles. The Kier molecular flexibility index (Phi) is 3.77. The molecule has 1 rings (SSSR count). The Bertz CT molecular complexity index is 235. The van der Waals surface area contributed by atoms with E-state index in [9.17, 15) is 9.90 Å². The summed E-state index contributed by atoms with van der Waals surface area (Å²) in [5.74, 6) is 0.447. The Labute approximate surface area is 91.8 Å². The van der Waals surface area contributed by atoms with Crippen molar-refractivity contribution in [2.24, 2.45) is 11.8 Å². The summed E-state index contributed by atoms with van der Waals surface area (Å²) in [7, 11) is 0. The van der Waals surface area contributed by atoms with Gasteiger partial charge in [-0.3, -0.25) is 4.79 Å². The highest BCUT2D eigenvalue weighted by molar-refractivity contribution is 5.75. The van der Waals surface area contributed by atoms with Crippen LogP contribution in [0.4, 0.5) is 0 Å². The van der Waals surface area contributed by atoms with E-state index in [1.54, 1.807) is 6.92 Å². The maximum absolute atomic E-state index is 11.6. The van der Waals surface area contributed by atoms with Gasteiger partial charge in [0.2, 0.25) is 0 Å². The van der Waals surface area contributed by atoms with Crippen molar-refractivity contribution in [1.29, 1.82) is 0 Å². The van der Waals surface area contributed by atoms with Gasteiger partial charge in [0.25, 0.3) is 0 Å². The normalized spacial score (nSPS) is 33.2. The molecular weight excluding hydrogens is 192 g/mol. The molecule has 0 unspecified atom stereocenters. The van der Waals surface area contributed by atoms with Crippen molar-refractivity contribution in [2.45, 2.75) is 58.7 Å². The summed E-state index contributed by atoms with van der Waals surface area (Å²) < 4.78 is 5.27. The Balaban J connectivity index is 2.53. The summed E-state index contributed by atoms with van der Waals surface area (Å²) in [4.78, 5) is 11.6. The monoisotopic (exact) mass is 214 g/mol. The number of aliphatic hydroxyl groups is 1. The Morgan fingerprint density at radius 1 is 1.53 bits per heavy atom. The molecule has 0 radical (unpaired) electrons. The zero-order chi connectivity index (χ0) is 11.6. The second-order valence-electron chi connectivity index (χ2n) is 5.28. The lowest BCUT2D eigenvalue weighted by Crippen LogP contribution is -2.36. The molecule has 3 nitrogen and oxygen atoms in total. The molecule has 88 valence electrons. The molecule has 0 spiro atoms. The molecule has 1 heterocycles. The summed E-state index contributed by atoms with van der Waals surface area (Å²) >= 11 is 0. The lowest BCUT2D eigenvalue weighted by atomic mass is 9.88. The first-order chi connectivity index (χ1) is 6.85. The average molecular weight is 214 g/mol. The van der Waals surface area contributed by atoms with Crippen molar-refractivity contribution in [1.82, 2.24) is 0 Å². The number of hydrogen-bond donors (Lipinski definition) is 1. The van der Waals surface area contributed by atoms with Crippen LogP contribution in [-0.4, -0.2) is 22.8 Å². The minimum Gasteiger partial charge on any atom is -0.456 e. The highest BCUT2D eigenvalue weighted by Crippen LogP contribution is 2.36. The summed E-state index contributed by atoms with van der Waals surface area (Å²) in [5.41, 5.74) is -0.668. The molecule has 0 amide bonds. The summed E-state index contributed by atoms with van der Waals surface area (Å²) in [6, 6.07) is 0. The van der Waals surface area contributed by atoms with Crippen LogP contribution in [-0.2, 0) is 9.53 Å². The van der Waals surface area contributed by atoms with Gasteiger partial charge >= 0.3 is 5.97 Å². The largest absolute Gasteiger partial charge is 0.456 e.